The van der Waals surface area contributed by atoms with E-state index in [0.29, 0.717) is 40.5 Å². The molecular weight excluding hydrogens is 544 g/mol. The van der Waals surface area contributed by atoms with Crippen LogP contribution in [0.5, 0.6) is 11.5 Å². The molecule has 1 saturated carbocycles. The summed E-state index contributed by atoms with van der Waals surface area (Å²) in [5.41, 5.74) is 4.31. The first-order chi connectivity index (χ1) is 17.8. The summed E-state index contributed by atoms with van der Waals surface area (Å²) in [4.78, 5) is 18.1. The molecule has 0 unspecified atom stereocenters. The summed E-state index contributed by atoms with van der Waals surface area (Å²) in [6.45, 7) is 2.87. The molecule has 1 aliphatic carbocycles. The molecule has 2 aromatic carbocycles. The van der Waals surface area contributed by atoms with Crippen LogP contribution in [0.15, 0.2) is 28.7 Å². The maximum atomic E-state index is 13.8. The van der Waals surface area contributed by atoms with Crippen molar-refractivity contribution in [2.75, 3.05) is 55.0 Å². The van der Waals surface area contributed by atoms with Crippen molar-refractivity contribution in [1.82, 2.24) is 0 Å². The summed E-state index contributed by atoms with van der Waals surface area (Å²) in [5.74, 6) is -1.62. The van der Waals surface area contributed by atoms with Crippen LogP contribution in [0.2, 0.25) is 0 Å². The van der Waals surface area contributed by atoms with Gasteiger partial charge < -0.3 is 24.6 Å². The molecule has 6 nitrogen and oxygen atoms in total. The Bertz CT molecular complexity index is 1210. The second-order valence-electron chi connectivity index (χ2n) is 10.8. The molecule has 2 saturated heterocycles. The van der Waals surface area contributed by atoms with Crippen LogP contribution in [-0.2, 0) is 6.42 Å². The maximum absolute atomic E-state index is 13.8. The van der Waals surface area contributed by atoms with E-state index >= 15 is 0 Å². The molecule has 1 N–H and O–H groups in total. The number of benzene rings is 2. The lowest BCUT2D eigenvalue weighted by Crippen LogP contribution is -2.39. The predicted octanol–water partition coefficient (Wildman–Crippen LogP) is 6.26. The maximum Gasteiger partial charge on any atom is 0.261 e. The van der Waals surface area contributed by atoms with Crippen LogP contribution in [0.3, 0.4) is 0 Å². The largest absolute Gasteiger partial charge is 0.495 e. The highest BCUT2D eigenvalue weighted by Crippen LogP contribution is 2.54. The van der Waals surface area contributed by atoms with Crippen LogP contribution >= 0.6 is 15.9 Å². The normalized spacial score (nSPS) is 21.4. The molecule has 1 amide bonds. The van der Waals surface area contributed by atoms with Crippen LogP contribution in [0.1, 0.15) is 54.4 Å². The fourth-order valence-corrected chi connectivity index (χ4v) is 6.55. The van der Waals surface area contributed by atoms with Gasteiger partial charge >= 0.3 is 0 Å². The first kappa shape index (κ1) is 24.8. The van der Waals surface area contributed by atoms with Crippen LogP contribution in [0.25, 0.3) is 0 Å². The van der Waals surface area contributed by atoms with E-state index in [-0.39, 0.29) is 31.8 Å². The lowest BCUT2D eigenvalue weighted by Gasteiger charge is -2.35. The lowest BCUT2D eigenvalue weighted by molar-refractivity contribution is -0.0221. The number of methoxy groups -OCH3 is 1. The van der Waals surface area contributed by atoms with Crippen molar-refractivity contribution >= 4 is 38.9 Å². The van der Waals surface area contributed by atoms with Gasteiger partial charge in [0.05, 0.1) is 25.1 Å². The van der Waals surface area contributed by atoms with Crippen molar-refractivity contribution in [3.05, 3.63) is 39.9 Å². The minimum absolute atomic E-state index is 0.199. The minimum Gasteiger partial charge on any atom is -0.495 e. The Hall–Kier alpha value is -2.55. The van der Waals surface area contributed by atoms with Gasteiger partial charge in [-0.1, -0.05) is 15.9 Å². The van der Waals surface area contributed by atoms with E-state index < -0.39 is 5.92 Å². The molecule has 4 aliphatic rings. The lowest BCUT2D eigenvalue weighted by atomic mass is 9.92. The van der Waals surface area contributed by atoms with E-state index in [2.05, 4.69) is 32.2 Å². The SMILES string of the molecule is COc1ccc(NC(=O)c2c(N3CCC4(CC3)CC4)cc(Br)c3c2OCC3)cc1N1CCC(F)(F)CC1. The van der Waals surface area contributed by atoms with Crippen LogP contribution in [0, 0.1) is 5.41 Å². The summed E-state index contributed by atoms with van der Waals surface area (Å²) in [6.07, 6.45) is 5.30. The Kier molecular flexibility index (Phi) is 6.24. The number of amides is 1. The molecule has 0 bridgehead atoms. The van der Waals surface area contributed by atoms with Crippen molar-refractivity contribution in [2.45, 2.75) is 50.9 Å². The summed E-state index contributed by atoms with van der Waals surface area (Å²) >= 11 is 3.72. The quantitative estimate of drug-likeness (QED) is 0.456. The van der Waals surface area contributed by atoms with E-state index in [0.717, 1.165) is 48.1 Å². The Labute approximate surface area is 224 Å². The van der Waals surface area contributed by atoms with Gasteiger partial charge in [0.2, 0.25) is 0 Å². The molecule has 198 valence electrons. The van der Waals surface area contributed by atoms with Gasteiger partial charge in [-0.2, -0.15) is 0 Å². The first-order valence-corrected chi connectivity index (χ1v) is 13.9. The molecule has 2 aromatic rings. The number of nitrogens with zero attached hydrogens (tertiary/aromatic N) is 2. The topological polar surface area (TPSA) is 54.0 Å². The zero-order valence-electron chi connectivity index (χ0n) is 21.0. The van der Waals surface area contributed by atoms with Crippen LogP contribution in [-0.4, -0.2) is 51.7 Å². The van der Waals surface area contributed by atoms with Crippen molar-refractivity contribution in [1.29, 1.82) is 0 Å². The molecule has 3 heterocycles. The predicted molar refractivity (Wildman–Crippen MR) is 144 cm³/mol. The molecule has 0 radical (unpaired) electrons. The molecule has 3 fully saturated rings. The highest BCUT2D eigenvalue weighted by atomic mass is 79.9. The number of carbonyl (C=O) groups is 1. The highest BCUT2D eigenvalue weighted by molar-refractivity contribution is 9.10. The third kappa shape index (κ3) is 4.75. The number of ether oxygens (including phenoxy) is 2. The molecule has 6 rings (SSSR count). The summed E-state index contributed by atoms with van der Waals surface area (Å²) in [5, 5.41) is 3.07. The highest BCUT2D eigenvalue weighted by Gasteiger charge is 2.45. The fourth-order valence-electron chi connectivity index (χ4n) is 5.95. The smallest absolute Gasteiger partial charge is 0.261 e. The second-order valence-corrected chi connectivity index (χ2v) is 11.7. The molecule has 1 spiro atoms. The number of hydrogen-bond acceptors (Lipinski definition) is 5. The van der Waals surface area contributed by atoms with Gasteiger partial charge in [0.1, 0.15) is 17.1 Å². The summed E-state index contributed by atoms with van der Waals surface area (Å²) in [6, 6.07) is 7.45. The molecule has 0 atom stereocenters. The number of rotatable bonds is 5. The number of anilines is 3. The van der Waals surface area contributed by atoms with Crippen LogP contribution < -0.4 is 24.6 Å². The van der Waals surface area contributed by atoms with Crippen molar-refractivity contribution in [3.8, 4) is 11.5 Å². The molecule has 37 heavy (non-hydrogen) atoms. The molecule has 9 heteroatoms. The van der Waals surface area contributed by atoms with Crippen molar-refractivity contribution < 1.29 is 23.0 Å². The zero-order chi connectivity index (χ0) is 25.8. The number of halogens is 3. The standard InChI is InChI=1S/C28H32BrF2N3O3/c1-36-23-3-2-18(16-21(23)33-13-9-28(30,31)10-14-33)32-26(35)24-22(17-20(29)19-4-15-37-25(19)24)34-11-7-27(5-6-27)8-12-34/h2-3,16-17H,4-15H2,1H3,(H,32,35). The zero-order valence-corrected chi connectivity index (χ0v) is 22.6. The van der Waals surface area contributed by atoms with Gasteiger partial charge in [0.15, 0.2) is 0 Å². The minimum atomic E-state index is -2.64. The Balaban J connectivity index is 1.29. The van der Waals surface area contributed by atoms with Gasteiger partial charge in [0.25, 0.3) is 11.8 Å². The third-order valence-electron chi connectivity index (χ3n) is 8.53. The third-order valence-corrected chi connectivity index (χ3v) is 9.24. The number of nitrogens with one attached hydrogen (secondary N) is 1. The van der Waals surface area contributed by atoms with Gasteiger partial charge in [-0.25, -0.2) is 8.78 Å². The number of alkyl halides is 2. The number of carbonyl (C=O) groups excluding carboxylic acids is 1. The molecule has 3 aliphatic heterocycles. The van der Waals surface area contributed by atoms with E-state index in [4.69, 9.17) is 9.47 Å². The van der Waals surface area contributed by atoms with Crippen molar-refractivity contribution in [2.24, 2.45) is 5.41 Å². The monoisotopic (exact) mass is 575 g/mol. The molecular formula is C28H32BrF2N3O3. The van der Waals surface area contributed by atoms with Crippen LogP contribution in [0.4, 0.5) is 25.8 Å². The number of fused-ring (bicyclic) bond motifs is 1. The summed E-state index contributed by atoms with van der Waals surface area (Å²) < 4.78 is 40.0. The van der Waals surface area contributed by atoms with E-state index in [9.17, 15) is 13.6 Å². The molecule has 0 aromatic heterocycles. The second kappa shape index (κ2) is 9.33. The van der Waals surface area contributed by atoms with Gasteiger partial charge in [-0.15, -0.1) is 0 Å². The average molecular weight is 576 g/mol. The van der Waals surface area contributed by atoms with Gasteiger partial charge in [-0.05, 0) is 55.4 Å². The van der Waals surface area contributed by atoms with E-state index in [1.54, 1.807) is 19.2 Å². The fraction of sp³-hybridized carbons (Fsp3) is 0.536. The Morgan fingerprint density at radius 3 is 2.35 bits per heavy atom. The average Bonchev–Trinajstić information content (AvgIpc) is 3.44. The summed E-state index contributed by atoms with van der Waals surface area (Å²) in [7, 11) is 1.56. The van der Waals surface area contributed by atoms with E-state index in [1.165, 1.54) is 12.8 Å². The first-order valence-electron chi connectivity index (χ1n) is 13.1. The van der Waals surface area contributed by atoms with E-state index in [1.807, 2.05) is 11.0 Å². The van der Waals surface area contributed by atoms with Gasteiger partial charge in [0, 0.05) is 61.2 Å². The number of piperidine rings is 2. The Morgan fingerprint density at radius 1 is 1.00 bits per heavy atom. The Morgan fingerprint density at radius 2 is 1.68 bits per heavy atom. The van der Waals surface area contributed by atoms with Gasteiger partial charge in [-0.3, -0.25) is 4.79 Å². The number of hydrogen-bond donors (Lipinski definition) is 1. The van der Waals surface area contributed by atoms with Crippen molar-refractivity contribution in [3.63, 3.8) is 0 Å².